The van der Waals surface area contributed by atoms with E-state index in [1.54, 1.807) is 14.2 Å². The number of nitrogens with zero attached hydrogens (tertiary/aromatic N) is 1. The van der Waals surface area contributed by atoms with E-state index < -0.39 is 12.4 Å². The number of carbonyl (C=O) groups is 1. The molecule has 1 fully saturated rings. The number of aliphatic hydroxyl groups is 1. The summed E-state index contributed by atoms with van der Waals surface area (Å²) >= 11 is 0. The van der Waals surface area contributed by atoms with Crippen LogP contribution in [0.15, 0.2) is 97.6 Å². The largest absolute Gasteiger partial charge is 0.493 e. The smallest absolute Gasteiger partial charge is 0.407 e. The van der Waals surface area contributed by atoms with Crippen LogP contribution in [0.4, 0.5) is 4.79 Å². The maximum absolute atomic E-state index is 12.0. The summed E-state index contributed by atoms with van der Waals surface area (Å²) in [5.41, 5.74) is 8.34. The molecule has 0 saturated carbocycles. The van der Waals surface area contributed by atoms with E-state index in [0.717, 1.165) is 70.9 Å². The first kappa shape index (κ1) is 35.2. The van der Waals surface area contributed by atoms with Gasteiger partial charge in [0.2, 0.25) is 0 Å². The third-order valence-corrected chi connectivity index (χ3v) is 9.55. The highest BCUT2D eigenvalue weighted by Crippen LogP contribution is 2.43. The summed E-state index contributed by atoms with van der Waals surface area (Å²) in [7, 11) is 3.34. The van der Waals surface area contributed by atoms with Crippen LogP contribution in [0.5, 0.6) is 11.5 Å². The standard InChI is InChI=1S/C41H46N2O7/c1-5-18-48-41(45)42-23-29-8-6-9-31(19-29)32-10-7-11-34(20-32)40-49-38(27(2)39(50-40)30-14-12-28(26-44)13-15-30)25-43-17-16-33-21-36(46-3)37(47-4)22-35(33)24-43/h5-15,19-22,27,38-40,44H,1,16-18,23-26H2,2-4H3,(H,42,45). The quantitative estimate of drug-likeness (QED) is 0.153. The first-order chi connectivity index (χ1) is 24.4. The summed E-state index contributed by atoms with van der Waals surface area (Å²) < 4.78 is 29.8. The monoisotopic (exact) mass is 678 g/mol. The second-order valence-electron chi connectivity index (χ2n) is 12.8. The van der Waals surface area contributed by atoms with Crippen LogP contribution in [0, 0.1) is 5.92 Å². The number of rotatable bonds is 12. The predicted octanol–water partition coefficient (Wildman–Crippen LogP) is 7.13. The third-order valence-electron chi connectivity index (χ3n) is 9.55. The second-order valence-corrected chi connectivity index (χ2v) is 12.8. The Hall–Kier alpha value is -4.67. The molecule has 4 aromatic rings. The van der Waals surface area contributed by atoms with Gasteiger partial charge in [0, 0.05) is 37.7 Å². The Morgan fingerprint density at radius 1 is 0.920 bits per heavy atom. The number of alkyl carbamates (subject to hydrolysis) is 1. The van der Waals surface area contributed by atoms with Gasteiger partial charge < -0.3 is 34.1 Å². The van der Waals surface area contributed by atoms with Gasteiger partial charge in [0.15, 0.2) is 17.8 Å². The molecule has 0 aromatic heterocycles. The van der Waals surface area contributed by atoms with E-state index in [0.29, 0.717) is 6.54 Å². The van der Waals surface area contributed by atoms with Gasteiger partial charge in [0.1, 0.15) is 6.61 Å². The Balaban J connectivity index is 1.24. The summed E-state index contributed by atoms with van der Waals surface area (Å²) in [4.78, 5) is 14.4. The number of hydrogen-bond donors (Lipinski definition) is 2. The molecule has 0 aliphatic carbocycles. The Bertz CT molecular complexity index is 1780. The molecule has 0 spiro atoms. The minimum atomic E-state index is -0.593. The first-order valence-electron chi connectivity index (χ1n) is 17.1. The van der Waals surface area contributed by atoms with Crippen LogP contribution in [-0.2, 0) is 40.3 Å². The van der Waals surface area contributed by atoms with Gasteiger partial charge >= 0.3 is 6.09 Å². The van der Waals surface area contributed by atoms with Crippen molar-refractivity contribution < 1.29 is 33.6 Å². The first-order valence-corrected chi connectivity index (χ1v) is 17.1. The van der Waals surface area contributed by atoms with Gasteiger partial charge in [0.25, 0.3) is 0 Å². The van der Waals surface area contributed by atoms with Crippen molar-refractivity contribution in [2.75, 3.05) is 33.9 Å². The SMILES string of the molecule is C=CCOC(=O)NCc1cccc(-c2cccc(C3OC(CN4CCc5cc(OC)c(OC)cc5C4)C(C)C(c4ccc(CO)cc4)O3)c2)c1. The van der Waals surface area contributed by atoms with Crippen LogP contribution in [0.1, 0.15) is 52.7 Å². The zero-order valence-electron chi connectivity index (χ0n) is 29.0. The zero-order chi connectivity index (χ0) is 35.0. The van der Waals surface area contributed by atoms with E-state index in [2.05, 4.69) is 60.1 Å². The van der Waals surface area contributed by atoms with Crippen molar-refractivity contribution in [1.29, 1.82) is 0 Å². The number of ether oxygens (including phenoxy) is 5. The van der Waals surface area contributed by atoms with Crippen LogP contribution in [-0.4, -0.2) is 56.1 Å². The van der Waals surface area contributed by atoms with Crippen molar-refractivity contribution in [2.24, 2.45) is 5.92 Å². The summed E-state index contributed by atoms with van der Waals surface area (Å²) in [5.74, 6) is 1.56. The molecule has 4 aromatic carbocycles. The van der Waals surface area contributed by atoms with Gasteiger partial charge in [-0.05, 0) is 69.6 Å². The molecule has 2 aliphatic heterocycles. The molecule has 9 heteroatoms. The number of nitrogens with one attached hydrogen (secondary N) is 1. The lowest BCUT2D eigenvalue weighted by Gasteiger charge is -2.43. The fraction of sp³-hybridized carbons (Fsp3) is 0.341. The molecule has 0 bridgehead atoms. The Morgan fingerprint density at radius 3 is 2.36 bits per heavy atom. The van der Waals surface area contributed by atoms with E-state index in [-0.39, 0.29) is 31.3 Å². The molecular formula is C41H46N2O7. The average molecular weight is 679 g/mol. The molecule has 6 rings (SSSR count). The number of carbonyl (C=O) groups excluding carboxylic acids is 1. The molecular weight excluding hydrogens is 632 g/mol. The van der Waals surface area contributed by atoms with Crippen LogP contribution in [0.2, 0.25) is 0 Å². The van der Waals surface area contributed by atoms with Gasteiger partial charge in [-0.1, -0.05) is 80.2 Å². The summed E-state index contributed by atoms with van der Waals surface area (Å²) in [5, 5.41) is 12.4. The molecule has 50 heavy (non-hydrogen) atoms. The normalized spacial score (nSPS) is 20.4. The average Bonchev–Trinajstić information content (AvgIpc) is 3.16. The lowest BCUT2D eigenvalue weighted by Crippen LogP contribution is -2.45. The van der Waals surface area contributed by atoms with E-state index in [9.17, 15) is 9.90 Å². The maximum atomic E-state index is 12.0. The number of aliphatic hydroxyl groups excluding tert-OH is 1. The number of benzene rings is 4. The van der Waals surface area contributed by atoms with Gasteiger partial charge in [-0.2, -0.15) is 0 Å². The highest BCUT2D eigenvalue weighted by Gasteiger charge is 2.39. The molecule has 262 valence electrons. The summed E-state index contributed by atoms with van der Waals surface area (Å²) in [6.07, 6.45) is 1.04. The highest BCUT2D eigenvalue weighted by molar-refractivity contribution is 5.68. The van der Waals surface area contributed by atoms with Crippen molar-refractivity contribution in [2.45, 2.75) is 51.5 Å². The molecule has 1 amide bonds. The molecule has 4 atom stereocenters. The molecule has 2 N–H and O–H groups in total. The van der Waals surface area contributed by atoms with E-state index in [1.807, 2.05) is 48.5 Å². The van der Waals surface area contributed by atoms with Crippen molar-refractivity contribution in [3.8, 4) is 22.6 Å². The molecule has 9 nitrogen and oxygen atoms in total. The van der Waals surface area contributed by atoms with Crippen molar-refractivity contribution in [1.82, 2.24) is 10.2 Å². The third kappa shape index (κ3) is 8.20. The van der Waals surface area contributed by atoms with Gasteiger partial charge in [-0.15, -0.1) is 0 Å². The van der Waals surface area contributed by atoms with Crippen LogP contribution >= 0.6 is 0 Å². The molecule has 2 heterocycles. The number of hydrogen-bond acceptors (Lipinski definition) is 8. The van der Waals surface area contributed by atoms with E-state index in [1.165, 1.54) is 17.2 Å². The Labute approximate surface area is 294 Å². The highest BCUT2D eigenvalue weighted by atomic mass is 16.7. The summed E-state index contributed by atoms with van der Waals surface area (Å²) in [6, 6.07) is 28.5. The minimum Gasteiger partial charge on any atom is -0.493 e. The fourth-order valence-electron chi connectivity index (χ4n) is 6.77. The maximum Gasteiger partial charge on any atom is 0.407 e. The predicted molar refractivity (Wildman–Crippen MR) is 192 cm³/mol. The van der Waals surface area contributed by atoms with Gasteiger partial charge in [0.05, 0.1) is 33.0 Å². The van der Waals surface area contributed by atoms with Crippen LogP contribution in [0.25, 0.3) is 11.1 Å². The lowest BCUT2D eigenvalue weighted by atomic mass is 9.89. The molecule has 4 unspecified atom stereocenters. The summed E-state index contributed by atoms with van der Waals surface area (Å²) in [6.45, 7) is 8.70. The number of fused-ring (bicyclic) bond motifs is 1. The topological polar surface area (TPSA) is 98.7 Å². The van der Waals surface area contributed by atoms with Crippen molar-refractivity contribution in [3.63, 3.8) is 0 Å². The van der Waals surface area contributed by atoms with Crippen molar-refractivity contribution >= 4 is 6.09 Å². The van der Waals surface area contributed by atoms with Crippen molar-refractivity contribution in [3.05, 3.63) is 131 Å². The second kappa shape index (κ2) is 16.4. The molecule has 2 aliphatic rings. The fourth-order valence-corrected chi connectivity index (χ4v) is 6.77. The Kier molecular flexibility index (Phi) is 11.5. The van der Waals surface area contributed by atoms with Crippen LogP contribution in [0.3, 0.4) is 0 Å². The van der Waals surface area contributed by atoms with Gasteiger partial charge in [-0.3, -0.25) is 4.90 Å². The Morgan fingerprint density at radius 2 is 1.64 bits per heavy atom. The molecule has 0 radical (unpaired) electrons. The number of amides is 1. The molecule has 1 saturated heterocycles. The van der Waals surface area contributed by atoms with Gasteiger partial charge in [-0.25, -0.2) is 4.79 Å². The van der Waals surface area contributed by atoms with E-state index >= 15 is 0 Å². The zero-order valence-corrected chi connectivity index (χ0v) is 29.0. The van der Waals surface area contributed by atoms with E-state index in [4.69, 9.17) is 23.7 Å². The van der Waals surface area contributed by atoms with Crippen LogP contribution < -0.4 is 14.8 Å². The number of methoxy groups -OCH3 is 2. The lowest BCUT2D eigenvalue weighted by molar-refractivity contribution is -0.276. The minimum absolute atomic E-state index is 0.00767.